The van der Waals surface area contributed by atoms with E-state index in [1.165, 1.54) is 0 Å². The third-order valence-corrected chi connectivity index (χ3v) is 4.44. The molecule has 0 aliphatic carbocycles. The largest absolute Gasteiger partial charge is 0.480 e. The van der Waals surface area contributed by atoms with Gasteiger partial charge in [0.1, 0.15) is 22.6 Å². The second-order valence-electron chi connectivity index (χ2n) is 3.39. The topological polar surface area (TPSA) is 104 Å². The first kappa shape index (κ1) is 16.0. The number of carboxylic acids is 1. The van der Waals surface area contributed by atoms with Crippen LogP contribution < -0.4 is 4.72 Å². The van der Waals surface area contributed by atoms with E-state index in [1.807, 2.05) is 0 Å². The van der Waals surface area contributed by atoms with Gasteiger partial charge in [0.15, 0.2) is 0 Å². The first-order valence-corrected chi connectivity index (χ1v) is 6.97. The van der Waals surface area contributed by atoms with Crippen LogP contribution in [0.3, 0.4) is 0 Å². The van der Waals surface area contributed by atoms with Crippen molar-refractivity contribution < 1.29 is 32.2 Å². The smallest absolute Gasteiger partial charge is 0.324 e. The Morgan fingerprint density at radius 2 is 2.00 bits per heavy atom. The Hall–Kier alpha value is -1.10. The zero-order valence-corrected chi connectivity index (χ0v) is 11.5. The zero-order chi connectivity index (χ0) is 14.8. The minimum atomic E-state index is -4.57. The van der Waals surface area contributed by atoms with Crippen LogP contribution in [0.1, 0.15) is 0 Å². The molecule has 0 unspecified atom stereocenters. The van der Waals surface area contributed by atoms with E-state index in [2.05, 4.69) is 15.9 Å². The number of hydrogen-bond acceptors (Lipinski definition) is 4. The van der Waals surface area contributed by atoms with Gasteiger partial charge in [-0.3, -0.25) is 4.79 Å². The Balaban J connectivity index is 3.25. The molecule has 0 heterocycles. The van der Waals surface area contributed by atoms with Gasteiger partial charge in [0.2, 0.25) is 10.0 Å². The number of sulfonamides is 1. The summed E-state index contributed by atoms with van der Waals surface area (Å²) in [7, 11) is -4.57. The number of nitrogens with one attached hydrogen (secondary N) is 1. The number of benzene rings is 1. The first-order valence-electron chi connectivity index (χ1n) is 4.69. The Morgan fingerprint density at radius 1 is 1.42 bits per heavy atom. The number of carboxylic acid groups (broad SMARTS) is 1. The molecule has 6 nitrogen and oxygen atoms in total. The first-order chi connectivity index (χ1) is 8.69. The van der Waals surface area contributed by atoms with Gasteiger partial charge in [-0.15, -0.1) is 0 Å². The number of halogens is 3. The summed E-state index contributed by atoms with van der Waals surface area (Å²) in [6.07, 6.45) is 0. The fourth-order valence-corrected chi connectivity index (χ4v) is 3.54. The van der Waals surface area contributed by atoms with Gasteiger partial charge in [0, 0.05) is 10.5 Å². The Morgan fingerprint density at radius 3 is 2.42 bits per heavy atom. The molecule has 1 aromatic carbocycles. The molecule has 0 aliphatic heterocycles. The standard InChI is InChI=1S/C9H8BrF2NO5S/c10-5-1-4(11)2-6(12)8(5)19(17,18)13-7(3-14)9(15)16/h1-2,7,13-14H,3H2,(H,15,16)/t7-/m0/s1. The summed E-state index contributed by atoms with van der Waals surface area (Å²) in [4.78, 5) is 9.67. The third kappa shape index (κ3) is 3.69. The fourth-order valence-electron chi connectivity index (χ4n) is 1.20. The van der Waals surface area contributed by atoms with Gasteiger partial charge in [-0.1, -0.05) is 0 Å². The molecule has 0 amide bonds. The van der Waals surface area contributed by atoms with E-state index in [0.717, 1.165) is 0 Å². The van der Waals surface area contributed by atoms with Crippen molar-refractivity contribution in [2.24, 2.45) is 0 Å². The average Bonchev–Trinajstić information content (AvgIpc) is 2.23. The van der Waals surface area contributed by atoms with Crippen LogP contribution in [0.25, 0.3) is 0 Å². The monoisotopic (exact) mass is 359 g/mol. The van der Waals surface area contributed by atoms with E-state index in [-0.39, 0.29) is 0 Å². The van der Waals surface area contributed by atoms with Crippen molar-refractivity contribution in [2.75, 3.05) is 6.61 Å². The minimum absolute atomic E-state index is 0.341. The van der Waals surface area contributed by atoms with Crippen molar-refractivity contribution in [3.05, 3.63) is 28.2 Å². The molecule has 0 radical (unpaired) electrons. The van der Waals surface area contributed by atoms with Crippen LogP contribution in [0.4, 0.5) is 8.78 Å². The lowest BCUT2D eigenvalue weighted by Crippen LogP contribution is -2.43. The molecular weight excluding hydrogens is 352 g/mol. The summed E-state index contributed by atoms with van der Waals surface area (Å²) in [6, 6.07) is -0.776. The lowest BCUT2D eigenvalue weighted by molar-refractivity contribution is -0.139. The van der Waals surface area contributed by atoms with E-state index in [1.54, 1.807) is 4.72 Å². The lowest BCUT2D eigenvalue weighted by Gasteiger charge is -2.13. The van der Waals surface area contributed by atoms with Crippen molar-refractivity contribution in [1.82, 2.24) is 4.72 Å². The predicted molar refractivity (Wildman–Crippen MR) is 62.9 cm³/mol. The maximum atomic E-state index is 13.5. The number of hydrogen-bond donors (Lipinski definition) is 3. The summed E-state index contributed by atoms with van der Waals surface area (Å²) < 4.78 is 51.0. The molecule has 106 valence electrons. The molecule has 1 aromatic rings. The molecular formula is C9H8BrF2NO5S. The van der Waals surface area contributed by atoms with E-state index in [4.69, 9.17) is 10.2 Å². The highest BCUT2D eigenvalue weighted by Crippen LogP contribution is 2.26. The molecule has 0 spiro atoms. The number of aliphatic hydroxyl groups excluding tert-OH is 1. The quantitative estimate of drug-likeness (QED) is 0.708. The van der Waals surface area contributed by atoms with Crippen molar-refractivity contribution in [3.63, 3.8) is 0 Å². The summed E-state index contributed by atoms with van der Waals surface area (Å²) in [5, 5.41) is 17.3. The molecule has 0 bridgehead atoms. The van der Waals surface area contributed by atoms with Crippen LogP contribution in [0, 0.1) is 11.6 Å². The third-order valence-electron chi connectivity index (χ3n) is 2.01. The molecule has 19 heavy (non-hydrogen) atoms. The van der Waals surface area contributed by atoms with Crippen molar-refractivity contribution in [2.45, 2.75) is 10.9 Å². The van der Waals surface area contributed by atoms with E-state index in [9.17, 15) is 22.0 Å². The number of carbonyl (C=O) groups is 1. The molecule has 0 aliphatic rings. The normalized spacial score (nSPS) is 13.3. The molecule has 0 saturated carbocycles. The summed E-state index contributed by atoms with van der Waals surface area (Å²) in [6.45, 7) is -1.02. The Kier molecular flexibility index (Phi) is 4.96. The lowest BCUT2D eigenvalue weighted by atomic mass is 10.3. The number of rotatable bonds is 5. The highest BCUT2D eigenvalue weighted by atomic mass is 79.9. The van der Waals surface area contributed by atoms with E-state index < -0.39 is 49.6 Å². The van der Waals surface area contributed by atoms with Crippen LogP contribution in [-0.4, -0.2) is 37.2 Å². The molecule has 0 saturated heterocycles. The molecule has 3 N–H and O–H groups in total. The Bertz CT molecular complexity index is 584. The van der Waals surface area contributed by atoms with Gasteiger partial charge in [0.25, 0.3) is 0 Å². The van der Waals surface area contributed by atoms with Gasteiger partial charge in [-0.2, -0.15) is 4.72 Å². The SMILES string of the molecule is O=C(O)[C@H](CO)NS(=O)(=O)c1c(F)cc(F)cc1Br. The van der Waals surface area contributed by atoms with E-state index in [0.29, 0.717) is 12.1 Å². The summed E-state index contributed by atoms with van der Waals surface area (Å²) in [5.41, 5.74) is 0. The predicted octanol–water partition coefficient (Wildman–Crippen LogP) is 0.451. The molecule has 10 heteroatoms. The van der Waals surface area contributed by atoms with Crippen molar-refractivity contribution in [3.8, 4) is 0 Å². The second kappa shape index (κ2) is 5.90. The van der Waals surface area contributed by atoms with Gasteiger partial charge in [0.05, 0.1) is 6.61 Å². The highest BCUT2D eigenvalue weighted by Gasteiger charge is 2.29. The average molecular weight is 360 g/mol. The van der Waals surface area contributed by atoms with Gasteiger partial charge >= 0.3 is 5.97 Å². The van der Waals surface area contributed by atoms with Crippen LogP contribution in [0.15, 0.2) is 21.5 Å². The van der Waals surface area contributed by atoms with Gasteiger partial charge in [-0.25, -0.2) is 17.2 Å². The number of aliphatic hydroxyl groups is 1. The van der Waals surface area contributed by atoms with Gasteiger partial charge in [-0.05, 0) is 22.0 Å². The second-order valence-corrected chi connectivity index (χ2v) is 5.90. The van der Waals surface area contributed by atoms with E-state index >= 15 is 0 Å². The Labute approximate surface area is 115 Å². The minimum Gasteiger partial charge on any atom is -0.480 e. The zero-order valence-electron chi connectivity index (χ0n) is 9.10. The maximum Gasteiger partial charge on any atom is 0.324 e. The van der Waals surface area contributed by atoms with Crippen LogP contribution in [0.2, 0.25) is 0 Å². The van der Waals surface area contributed by atoms with Crippen LogP contribution in [0.5, 0.6) is 0 Å². The number of aliphatic carboxylic acids is 1. The molecule has 0 aromatic heterocycles. The van der Waals surface area contributed by atoms with Crippen LogP contribution in [-0.2, 0) is 14.8 Å². The van der Waals surface area contributed by atoms with Crippen LogP contribution >= 0.6 is 15.9 Å². The molecule has 1 rings (SSSR count). The van der Waals surface area contributed by atoms with Crippen molar-refractivity contribution >= 4 is 31.9 Å². The van der Waals surface area contributed by atoms with Gasteiger partial charge < -0.3 is 10.2 Å². The maximum absolute atomic E-state index is 13.5. The molecule has 0 fully saturated rings. The van der Waals surface area contributed by atoms with Crippen molar-refractivity contribution in [1.29, 1.82) is 0 Å². The summed E-state index contributed by atoms with van der Waals surface area (Å²) in [5.74, 6) is -4.02. The molecule has 1 atom stereocenters. The summed E-state index contributed by atoms with van der Waals surface area (Å²) >= 11 is 2.67. The fraction of sp³-hybridized carbons (Fsp3) is 0.222. The highest BCUT2D eigenvalue weighted by molar-refractivity contribution is 9.10.